The Balaban J connectivity index is 1.87. The van der Waals surface area contributed by atoms with Crippen molar-refractivity contribution in [3.63, 3.8) is 0 Å². The number of carboxylic acids is 1. The van der Waals surface area contributed by atoms with Crippen LogP contribution in [0.3, 0.4) is 0 Å². The van der Waals surface area contributed by atoms with Gasteiger partial charge in [0.05, 0.1) is 15.5 Å². The Morgan fingerprint density at radius 2 is 1.96 bits per heavy atom. The molecule has 0 saturated carbocycles. The number of hydrogen-bond acceptors (Lipinski definition) is 6. The van der Waals surface area contributed by atoms with Gasteiger partial charge in [-0.15, -0.1) is 0 Å². The normalized spacial score (nSPS) is 30.0. The lowest BCUT2D eigenvalue weighted by molar-refractivity contribution is -0.176. The molecule has 150 valence electrons. The predicted molar refractivity (Wildman–Crippen MR) is 96.3 cm³/mol. The third kappa shape index (κ3) is 2.65. The van der Waals surface area contributed by atoms with Gasteiger partial charge in [0.1, 0.15) is 17.2 Å². The average molecular weight is 409 g/mol. The van der Waals surface area contributed by atoms with Crippen molar-refractivity contribution < 1.29 is 33.2 Å². The number of para-hydroxylation sites is 1. The lowest BCUT2D eigenvalue weighted by atomic mass is 9.88. The quantitative estimate of drug-likeness (QED) is 0.379. The van der Waals surface area contributed by atoms with Crippen molar-refractivity contribution in [2.24, 2.45) is 0 Å². The summed E-state index contributed by atoms with van der Waals surface area (Å²) in [7, 11) is -1.87. The van der Waals surface area contributed by atoms with Crippen molar-refractivity contribution in [2.75, 3.05) is 6.61 Å². The van der Waals surface area contributed by atoms with Crippen LogP contribution in [0.4, 0.5) is 0 Å². The second-order valence-corrected chi connectivity index (χ2v) is 8.93. The van der Waals surface area contributed by atoms with E-state index in [0.717, 1.165) is 4.90 Å². The van der Waals surface area contributed by atoms with Gasteiger partial charge in [-0.1, -0.05) is 18.2 Å². The summed E-state index contributed by atoms with van der Waals surface area (Å²) in [4.78, 5) is 48.7. The monoisotopic (exact) mass is 409 g/mol. The highest BCUT2D eigenvalue weighted by molar-refractivity contribution is 7.87. The molecule has 0 aromatic heterocycles. The maximum atomic E-state index is 12.9. The van der Waals surface area contributed by atoms with E-state index in [1.54, 1.807) is 30.3 Å². The number of benzene rings is 1. The van der Waals surface area contributed by atoms with Gasteiger partial charge in [0.25, 0.3) is 11.8 Å². The minimum Gasteiger partial charge on any atom is -0.484 e. The molecule has 1 aromatic rings. The molecule has 3 rings (SSSR count). The third-order valence-electron chi connectivity index (χ3n) is 4.99. The zero-order chi connectivity index (χ0) is 20.7. The Morgan fingerprint density at radius 3 is 2.54 bits per heavy atom. The van der Waals surface area contributed by atoms with E-state index in [-0.39, 0.29) is 6.41 Å². The molecule has 0 spiro atoms. The van der Waals surface area contributed by atoms with Gasteiger partial charge in [-0.25, -0.2) is 4.79 Å². The molecule has 3 N–H and O–H groups in total. The van der Waals surface area contributed by atoms with E-state index in [1.165, 1.54) is 13.8 Å². The number of hydrogen-bond donors (Lipinski definition) is 3. The zero-order valence-electron chi connectivity index (χ0n) is 15.1. The number of fused-ring (bicyclic) bond motifs is 1. The van der Waals surface area contributed by atoms with Crippen LogP contribution in [0.5, 0.6) is 5.75 Å². The van der Waals surface area contributed by atoms with Gasteiger partial charge in [-0.05, 0) is 26.0 Å². The summed E-state index contributed by atoms with van der Waals surface area (Å²) in [5.41, 5.74) is -2.24. The maximum absolute atomic E-state index is 12.9. The van der Waals surface area contributed by atoms with Crippen LogP contribution < -0.4 is 15.4 Å². The number of carbonyl (C=O) groups is 4. The van der Waals surface area contributed by atoms with Crippen LogP contribution in [0.15, 0.2) is 30.3 Å². The summed E-state index contributed by atoms with van der Waals surface area (Å²) in [6, 6.07) is 7.33. The number of nitrogens with one attached hydrogen (secondary N) is 2. The Hall–Kier alpha value is -2.95. The first-order valence-corrected chi connectivity index (χ1v) is 9.55. The lowest BCUT2D eigenvalue weighted by Crippen LogP contribution is -2.80. The molecule has 2 aliphatic rings. The molecule has 11 heteroatoms. The summed E-state index contributed by atoms with van der Waals surface area (Å²) in [5, 5.41) is 13.5. The van der Waals surface area contributed by atoms with Gasteiger partial charge in [-0.2, -0.15) is 0 Å². The summed E-state index contributed by atoms with van der Waals surface area (Å²) < 4.78 is 16.7. The Kier molecular flexibility index (Phi) is 4.88. The van der Waals surface area contributed by atoms with Crippen molar-refractivity contribution in [3.8, 4) is 5.75 Å². The minimum atomic E-state index is -2.24. The number of nitrogens with zero attached hydrogens (tertiary/aromatic N) is 1. The van der Waals surface area contributed by atoms with E-state index in [9.17, 15) is 28.5 Å². The molecule has 2 heterocycles. The highest BCUT2D eigenvalue weighted by Gasteiger charge is 2.77. The summed E-state index contributed by atoms with van der Waals surface area (Å²) in [6.45, 7) is 2.28. The molecule has 10 nitrogen and oxygen atoms in total. The Bertz CT molecular complexity index is 860. The van der Waals surface area contributed by atoms with Crippen LogP contribution in [0.1, 0.15) is 13.8 Å². The SMILES string of the molecule is CC1(C)S(=O)[C@@H]2[C@@H](NC=O)C(=O)N2[C@@]1(NC(=O)COc1ccccc1)C(=O)O. The number of carboxylic acid groups (broad SMARTS) is 1. The smallest absolute Gasteiger partial charge is 0.352 e. The van der Waals surface area contributed by atoms with E-state index < -0.39 is 57.0 Å². The van der Waals surface area contributed by atoms with Crippen LogP contribution >= 0.6 is 0 Å². The molecular formula is C17H19N3O7S. The van der Waals surface area contributed by atoms with Gasteiger partial charge in [-0.3, -0.25) is 23.5 Å². The molecule has 2 fully saturated rings. The molecule has 0 radical (unpaired) electrons. The standard InChI is InChI=1S/C17H19N3O7S/c1-16(2)17(15(24)25,19-11(22)8-27-10-6-4-3-5-7-10)20-13(23)12(18-9-21)14(20)28(16)26/h3-7,9,12,14H,8H2,1-2H3,(H,18,21)(H,19,22)(H,24,25)/t12-,14+,17-,28?/m0/s1. The molecule has 3 amide bonds. The van der Waals surface area contributed by atoms with E-state index in [0.29, 0.717) is 5.75 Å². The van der Waals surface area contributed by atoms with Gasteiger partial charge >= 0.3 is 5.97 Å². The second kappa shape index (κ2) is 6.89. The van der Waals surface area contributed by atoms with Crippen LogP contribution in [0.25, 0.3) is 0 Å². The molecule has 4 atom stereocenters. The second-order valence-electron chi connectivity index (χ2n) is 6.83. The number of carbonyl (C=O) groups excluding carboxylic acids is 3. The number of rotatable bonds is 7. The van der Waals surface area contributed by atoms with Crippen LogP contribution in [-0.2, 0) is 30.0 Å². The highest BCUT2D eigenvalue weighted by Crippen LogP contribution is 2.49. The van der Waals surface area contributed by atoms with Crippen molar-refractivity contribution in [2.45, 2.75) is 35.7 Å². The van der Waals surface area contributed by atoms with Crippen molar-refractivity contribution in [3.05, 3.63) is 30.3 Å². The molecule has 1 unspecified atom stereocenters. The van der Waals surface area contributed by atoms with E-state index >= 15 is 0 Å². The van der Waals surface area contributed by atoms with Gasteiger partial charge < -0.3 is 20.5 Å². The Morgan fingerprint density at radius 1 is 1.32 bits per heavy atom. The van der Waals surface area contributed by atoms with Crippen LogP contribution in [0.2, 0.25) is 0 Å². The zero-order valence-corrected chi connectivity index (χ0v) is 15.9. The molecule has 28 heavy (non-hydrogen) atoms. The molecule has 0 aliphatic carbocycles. The third-order valence-corrected chi connectivity index (χ3v) is 7.21. The first-order chi connectivity index (χ1) is 13.2. The largest absolute Gasteiger partial charge is 0.484 e. The van der Waals surface area contributed by atoms with Crippen LogP contribution in [-0.4, -0.2) is 66.8 Å². The van der Waals surface area contributed by atoms with E-state index in [1.807, 2.05) is 0 Å². The number of β-lactam (4-membered cyclic amide) rings is 1. The average Bonchev–Trinajstić information content (AvgIpc) is 2.81. The molecule has 2 aliphatic heterocycles. The maximum Gasteiger partial charge on any atom is 0.352 e. The number of aliphatic carboxylic acids is 1. The lowest BCUT2D eigenvalue weighted by Gasteiger charge is -2.48. The highest BCUT2D eigenvalue weighted by atomic mass is 32.2. The van der Waals surface area contributed by atoms with Crippen molar-refractivity contribution in [1.29, 1.82) is 0 Å². The van der Waals surface area contributed by atoms with Gasteiger partial charge in [0.2, 0.25) is 12.1 Å². The summed E-state index contributed by atoms with van der Waals surface area (Å²) in [5.74, 6) is -2.65. The van der Waals surface area contributed by atoms with Crippen molar-refractivity contribution in [1.82, 2.24) is 15.5 Å². The number of ether oxygens (including phenoxy) is 1. The molecule has 2 saturated heterocycles. The van der Waals surface area contributed by atoms with E-state index in [4.69, 9.17) is 4.74 Å². The topological polar surface area (TPSA) is 142 Å². The fourth-order valence-corrected chi connectivity index (χ4v) is 5.56. The molecule has 0 bridgehead atoms. The summed E-state index contributed by atoms with van der Waals surface area (Å²) in [6.07, 6.45) is 0.289. The minimum absolute atomic E-state index is 0.289. The first kappa shape index (κ1) is 19.8. The van der Waals surface area contributed by atoms with E-state index in [2.05, 4.69) is 10.6 Å². The predicted octanol–water partition coefficient (Wildman–Crippen LogP) is -1.21. The molecule has 1 aromatic carbocycles. The van der Waals surface area contributed by atoms with Gasteiger partial charge in [0.15, 0.2) is 6.61 Å². The molecular weight excluding hydrogens is 390 g/mol. The van der Waals surface area contributed by atoms with Crippen LogP contribution in [0, 0.1) is 0 Å². The van der Waals surface area contributed by atoms with Gasteiger partial charge in [0, 0.05) is 0 Å². The number of amides is 3. The van der Waals surface area contributed by atoms with Crippen molar-refractivity contribution >= 4 is 35.0 Å². The Labute approximate surface area is 162 Å². The fourth-order valence-electron chi connectivity index (χ4n) is 3.53. The summed E-state index contributed by atoms with van der Waals surface area (Å²) >= 11 is 0. The first-order valence-electron chi connectivity index (χ1n) is 8.34. The fraction of sp³-hybridized carbons (Fsp3) is 0.412.